The van der Waals surface area contributed by atoms with Gasteiger partial charge in [-0.05, 0) is 42.6 Å². The Kier molecular flexibility index (Phi) is 5.25. The number of para-hydroxylation sites is 1. The molecule has 0 saturated carbocycles. The lowest BCUT2D eigenvalue weighted by Crippen LogP contribution is -2.39. The van der Waals surface area contributed by atoms with Crippen molar-refractivity contribution in [1.29, 1.82) is 0 Å². The van der Waals surface area contributed by atoms with Gasteiger partial charge in [0.2, 0.25) is 0 Å². The van der Waals surface area contributed by atoms with Crippen LogP contribution in [-0.2, 0) is 16.1 Å². The van der Waals surface area contributed by atoms with Crippen molar-refractivity contribution in [3.05, 3.63) is 108 Å². The summed E-state index contributed by atoms with van der Waals surface area (Å²) < 4.78 is 16.1. The molecule has 0 radical (unpaired) electrons. The van der Waals surface area contributed by atoms with Crippen LogP contribution in [0.4, 0.5) is 4.39 Å². The molecule has 3 heterocycles. The van der Waals surface area contributed by atoms with Crippen molar-refractivity contribution < 1.29 is 23.7 Å². The quantitative estimate of drug-likeness (QED) is 0.343. The monoisotopic (exact) mass is 454 g/mol. The van der Waals surface area contributed by atoms with Gasteiger partial charge in [-0.15, -0.1) is 0 Å². The van der Waals surface area contributed by atoms with Crippen LogP contribution in [0.1, 0.15) is 16.8 Å². The molecule has 0 aliphatic carbocycles. The maximum Gasteiger partial charge on any atom is 0.327 e. The van der Waals surface area contributed by atoms with E-state index in [4.69, 9.17) is 0 Å². The number of imide groups is 1. The number of rotatable bonds is 5. The van der Waals surface area contributed by atoms with Crippen LogP contribution in [0.2, 0.25) is 0 Å². The van der Waals surface area contributed by atoms with Crippen molar-refractivity contribution in [2.75, 3.05) is 0 Å². The topological polar surface area (TPSA) is 82.1 Å². The molecule has 0 atom stereocenters. The van der Waals surface area contributed by atoms with Crippen molar-refractivity contribution in [3.63, 3.8) is 0 Å². The van der Waals surface area contributed by atoms with Gasteiger partial charge < -0.3 is 5.11 Å². The SMILES string of the molecule is Cc1nn(-c2ccccc2)c([O-])c1C1=C([n+]2ccccc2)C(=O)N(Cc2ccc(F)cc2)C1=O. The molecule has 34 heavy (non-hydrogen) atoms. The van der Waals surface area contributed by atoms with E-state index in [-0.39, 0.29) is 23.4 Å². The second-order valence-electron chi connectivity index (χ2n) is 7.84. The fraction of sp³-hybridized carbons (Fsp3) is 0.0769. The number of benzene rings is 2. The minimum Gasteiger partial charge on any atom is -0.858 e. The van der Waals surface area contributed by atoms with Crippen LogP contribution in [-0.4, -0.2) is 26.5 Å². The van der Waals surface area contributed by atoms with Crippen LogP contribution in [0.15, 0.2) is 85.2 Å². The Morgan fingerprint density at radius 2 is 1.56 bits per heavy atom. The van der Waals surface area contributed by atoms with E-state index in [1.165, 1.54) is 33.5 Å². The van der Waals surface area contributed by atoms with Crippen molar-refractivity contribution >= 4 is 23.1 Å². The molecule has 8 heteroatoms. The van der Waals surface area contributed by atoms with E-state index >= 15 is 0 Å². The third-order valence-electron chi connectivity index (χ3n) is 5.64. The second kappa shape index (κ2) is 8.40. The molecule has 7 nitrogen and oxygen atoms in total. The van der Waals surface area contributed by atoms with Crippen molar-refractivity contribution in [3.8, 4) is 11.6 Å². The van der Waals surface area contributed by atoms with Gasteiger partial charge in [0.15, 0.2) is 12.4 Å². The zero-order chi connectivity index (χ0) is 23.8. The third-order valence-corrected chi connectivity index (χ3v) is 5.64. The number of carbonyl (C=O) groups is 2. The highest BCUT2D eigenvalue weighted by Crippen LogP contribution is 2.37. The summed E-state index contributed by atoms with van der Waals surface area (Å²) in [5, 5.41) is 17.8. The number of hydrogen-bond acceptors (Lipinski definition) is 4. The highest BCUT2D eigenvalue weighted by Gasteiger charge is 2.46. The highest BCUT2D eigenvalue weighted by atomic mass is 19.1. The maximum atomic E-state index is 13.6. The Morgan fingerprint density at radius 3 is 2.24 bits per heavy atom. The molecule has 0 saturated heterocycles. The summed E-state index contributed by atoms with van der Waals surface area (Å²) >= 11 is 0. The number of aromatic nitrogens is 3. The summed E-state index contributed by atoms with van der Waals surface area (Å²) in [4.78, 5) is 28.2. The van der Waals surface area contributed by atoms with E-state index in [1.54, 1.807) is 61.8 Å². The largest absolute Gasteiger partial charge is 0.858 e. The Bertz CT molecular complexity index is 1430. The Balaban J connectivity index is 1.66. The fourth-order valence-corrected chi connectivity index (χ4v) is 4.03. The number of hydrogen-bond donors (Lipinski definition) is 0. The summed E-state index contributed by atoms with van der Waals surface area (Å²) in [7, 11) is 0. The van der Waals surface area contributed by atoms with Crippen LogP contribution in [0.25, 0.3) is 17.0 Å². The van der Waals surface area contributed by atoms with Crippen LogP contribution >= 0.6 is 0 Å². The first-order chi connectivity index (χ1) is 16.5. The molecule has 0 spiro atoms. The summed E-state index contributed by atoms with van der Waals surface area (Å²) in [6, 6.07) is 19.7. The Labute approximate surface area is 194 Å². The normalized spacial score (nSPS) is 13.8. The molecule has 2 aromatic carbocycles. The van der Waals surface area contributed by atoms with E-state index in [0.29, 0.717) is 16.9 Å². The maximum absolute atomic E-state index is 13.6. The molecule has 0 N–H and O–H groups in total. The van der Waals surface area contributed by atoms with Crippen molar-refractivity contribution in [2.24, 2.45) is 0 Å². The van der Waals surface area contributed by atoms with Gasteiger partial charge in [-0.1, -0.05) is 36.4 Å². The summed E-state index contributed by atoms with van der Waals surface area (Å²) in [5.41, 5.74) is 1.61. The Hall–Kier alpha value is -4.59. The van der Waals surface area contributed by atoms with Gasteiger partial charge >= 0.3 is 5.91 Å². The zero-order valence-electron chi connectivity index (χ0n) is 18.2. The summed E-state index contributed by atoms with van der Waals surface area (Å²) in [6.45, 7) is 1.58. The third kappa shape index (κ3) is 3.55. The molecule has 1 aliphatic heterocycles. The molecule has 5 rings (SSSR count). The zero-order valence-corrected chi connectivity index (χ0v) is 18.2. The van der Waals surface area contributed by atoms with E-state index in [1.807, 2.05) is 6.07 Å². The fourth-order valence-electron chi connectivity index (χ4n) is 4.03. The number of aryl methyl sites for hydroxylation is 1. The van der Waals surface area contributed by atoms with E-state index < -0.39 is 23.5 Å². The van der Waals surface area contributed by atoms with Gasteiger partial charge in [0.05, 0.1) is 17.9 Å². The lowest BCUT2D eigenvalue weighted by molar-refractivity contribution is -0.576. The van der Waals surface area contributed by atoms with E-state index in [9.17, 15) is 19.1 Å². The van der Waals surface area contributed by atoms with Gasteiger partial charge in [-0.25, -0.2) is 9.07 Å². The van der Waals surface area contributed by atoms with Crippen LogP contribution in [0.3, 0.4) is 0 Å². The van der Waals surface area contributed by atoms with Crippen LogP contribution < -0.4 is 9.67 Å². The van der Waals surface area contributed by atoms with Gasteiger partial charge in [-0.3, -0.25) is 14.5 Å². The molecular weight excluding hydrogens is 435 g/mol. The van der Waals surface area contributed by atoms with Gasteiger partial charge in [0.25, 0.3) is 11.6 Å². The van der Waals surface area contributed by atoms with Gasteiger partial charge in [0.1, 0.15) is 11.4 Å². The number of amides is 2. The van der Waals surface area contributed by atoms with E-state index in [2.05, 4.69) is 5.10 Å². The number of nitrogens with zero attached hydrogens (tertiary/aromatic N) is 4. The molecule has 1 aliphatic rings. The smallest absolute Gasteiger partial charge is 0.327 e. The summed E-state index contributed by atoms with van der Waals surface area (Å²) in [6.07, 6.45) is 3.28. The van der Waals surface area contributed by atoms with Crippen molar-refractivity contribution in [1.82, 2.24) is 14.7 Å². The highest BCUT2D eigenvalue weighted by molar-refractivity contribution is 6.44. The van der Waals surface area contributed by atoms with Gasteiger partial charge in [-0.2, -0.15) is 9.67 Å². The lowest BCUT2D eigenvalue weighted by Gasteiger charge is -2.15. The number of carbonyl (C=O) groups excluding carboxylic acids is 2. The standard InChI is InChI=1S/C26H19FN4O3/c1-17-21(25(33)31(28-17)20-8-4-2-5-9-20)22-23(29-14-6-3-7-15-29)26(34)30(24(22)32)16-18-10-12-19(27)13-11-18/h2-15H,16H2,1H3. The van der Waals surface area contributed by atoms with Crippen LogP contribution in [0, 0.1) is 12.7 Å². The first-order valence-electron chi connectivity index (χ1n) is 10.6. The van der Waals surface area contributed by atoms with Crippen LogP contribution in [0.5, 0.6) is 5.88 Å². The molecular formula is C26H19FN4O3. The molecule has 0 fully saturated rings. The van der Waals surface area contributed by atoms with E-state index in [0.717, 1.165) is 4.90 Å². The molecule has 4 aromatic rings. The predicted octanol–water partition coefficient (Wildman–Crippen LogP) is 2.62. The average molecular weight is 454 g/mol. The second-order valence-corrected chi connectivity index (χ2v) is 7.84. The van der Waals surface area contributed by atoms with Crippen molar-refractivity contribution in [2.45, 2.75) is 13.5 Å². The summed E-state index contributed by atoms with van der Waals surface area (Å²) in [5.74, 6) is -2.06. The first kappa shape index (κ1) is 21.3. The number of pyridine rings is 1. The number of halogens is 1. The molecule has 168 valence electrons. The molecule has 0 unspecified atom stereocenters. The molecule has 2 aromatic heterocycles. The average Bonchev–Trinajstić information content (AvgIpc) is 3.28. The Morgan fingerprint density at radius 1 is 0.912 bits per heavy atom. The van der Waals surface area contributed by atoms with Gasteiger partial charge in [0, 0.05) is 17.7 Å². The first-order valence-corrected chi connectivity index (χ1v) is 10.6. The predicted molar refractivity (Wildman–Crippen MR) is 119 cm³/mol. The molecule has 0 bridgehead atoms. The minimum atomic E-state index is -0.603. The minimum absolute atomic E-state index is 0.00649. The lowest BCUT2D eigenvalue weighted by atomic mass is 10.0. The molecule has 2 amide bonds.